The highest BCUT2D eigenvalue weighted by Crippen LogP contribution is 2.22. The van der Waals surface area contributed by atoms with Crippen LogP contribution in [-0.2, 0) is 4.79 Å². The lowest BCUT2D eigenvalue weighted by Gasteiger charge is -2.00. The number of fused-ring (bicyclic) bond motifs is 1. The van der Waals surface area contributed by atoms with Crippen LogP contribution >= 0.6 is 0 Å². The smallest absolute Gasteiger partial charge is 0.276 e. The summed E-state index contributed by atoms with van der Waals surface area (Å²) in [6.07, 6.45) is 3.63. The van der Waals surface area contributed by atoms with Crippen molar-refractivity contribution in [3.05, 3.63) is 71.7 Å². The molecule has 0 radical (unpaired) electrons. The number of hydrazone groups is 1. The summed E-state index contributed by atoms with van der Waals surface area (Å²) < 4.78 is 0. The molecule has 112 valence electrons. The standard InChI is InChI=1S/C17H13N5O/c23-17-16(12-5-1-2-6-13(12)20-17)22-21-11-9-15(19-10-11)14-7-3-4-8-18-14/h1-9,21H,10H2,(H,20,22,23). The number of aromatic nitrogens is 1. The van der Waals surface area contributed by atoms with Crippen molar-refractivity contribution in [1.82, 2.24) is 10.4 Å². The number of hydrogen-bond donors (Lipinski definition) is 2. The van der Waals surface area contributed by atoms with Gasteiger partial charge in [0.05, 0.1) is 29.3 Å². The molecule has 6 heteroatoms. The van der Waals surface area contributed by atoms with Crippen LogP contribution in [-0.4, -0.2) is 28.9 Å². The molecule has 0 aliphatic carbocycles. The average Bonchev–Trinajstić information content (AvgIpc) is 3.18. The van der Waals surface area contributed by atoms with Crippen LogP contribution in [0.1, 0.15) is 11.3 Å². The highest BCUT2D eigenvalue weighted by molar-refractivity contribution is 6.53. The van der Waals surface area contributed by atoms with Crippen molar-refractivity contribution in [2.75, 3.05) is 11.9 Å². The van der Waals surface area contributed by atoms with Gasteiger partial charge in [-0.3, -0.25) is 20.2 Å². The molecule has 0 bridgehead atoms. The number of pyridine rings is 1. The number of rotatable bonds is 3. The highest BCUT2D eigenvalue weighted by atomic mass is 16.2. The van der Waals surface area contributed by atoms with Crippen molar-refractivity contribution in [3.63, 3.8) is 0 Å². The number of carbonyl (C=O) groups excluding carboxylic acids is 1. The number of benzene rings is 1. The molecule has 1 aromatic heterocycles. The molecule has 0 unspecified atom stereocenters. The van der Waals surface area contributed by atoms with E-state index in [2.05, 4.69) is 25.8 Å². The molecule has 3 heterocycles. The predicted octanol–water partition coefficient (Wildman–Crippen LogP) is 1.71. The van der Waals surface area contributed by atoms with Crippen molar-refractivity contribution >= 4 is 23.0 Å². The summed E-state index contributed by atoms with van der Waals surface area (Å²) in [5.41, 5.74) is 7.36. The van der Waals surface area contributed by atoms with E-state index in [9.17, 15) is 4.79 Å². The molecule has 0 atom stereocenters. The van der Waals surface area contributed by atoms with Gasteiger partial charge in [-0.15, -0.1) is 0 Å². The summed E-state index contributed by atoms with van der Waals surface area (Å²) >= 11 is 0. The fourth-order valence-electron chi connectivity index (χ4n) is 2.50. The topological polar surface area (TPSA) is 78.7 Å². The normalized spacial score (nSPS) is 17.6. The zero-order valence-corrected chi connectivity index (χ0v) is 12.2. The maximum absolute atomic E-state index is 12.0. The minimum atomic E-state index is -0.205. The Labute approximate surface area is 132 Å². The SMILES string of the molecule is O=C1Nc2ccccc2/C1=N/NC1=CC(c2ccccn2)=NC1. The Morgan fingerprint density at radius 3 is 2.87 bits per heavy atom. The van der Waals surface area contributed by atoms with Gasteiger partial charge >= 0.3 is 0 Å². The van der Waals surface area contributed by atoms with Crippen molar-refractivity contribution < 1.29 is 4.79 Å². The summed E-state index contributed by atoms with van der Waals surface area (Å²) in [6.45, 7) is 0.492. The first-order chi connectivity index (χ1) is 11.3. The number of allylic oxidation sites excluding steroid dienone is 1. The first-order valence-corrected chi connectivity index (χ1v) is 7.22. The van der Waals surface area contributed by atoms with Gasteiger partial charge in [0, 0.05) is 11.8 Å². The van der Waals surface area contributed by atoms with Gasteiger partial charge in [0.2, 0.25) is 0 Å². The van der Waals surface area contributed by atoms with E-state index in [0.29, 0.717) is 12.3 Å². The lowest BCUT2D eigenvalue weighted by molar-refractivity contribution is -0.110. The number of hydrogen-bond acceptors (Lipinski definition) is 5. The second-order valence-electron chi connectivity index (χ2n) is 5.16. The van der Waals surface area contributed by atoms with E-state index in [4.69, 9.17) is 0 Å². The van der Waals surface area contributed by atoms with Crippen molar-refractivity contribution in [2.24, 2.45) is 10.1 Å². The first-order valence-electron chi connectivity index (χ1n) is 7.22. The van der Waals surface area contributed by atoms with Crippen LogP contribution in [0.5, 0.6) is 0 Å². The molecule has 23 heavy (non-hydrogen) atoms. The number of aliphatic imine (C=N–C) groups is 1. The number of anilines is 1. The monoisotopic (exact) mass is 303 g/mol. The van der Waals surface area contributed by atoms with Gasteiger partial charge in [0.1, 0.15) is 0 Å². The lowest BCUT2D eigenvalue weighted by Crippen LogP contribution is -2.19. The third kappa shape index (κ3) is 2.50. The fourth-order valence-corrected chi connectivity index (χ4v) is 2.50. The summed E-state index contributed by atoms with van der Waals surface area (Å²) in [4.78, 5) is 20.7. The molecule has 1 aromatic carbocycles. The Kier molecular flexibility index (Phi) is 3.20. The van der Waals surface area contributed by atoms with Gasteiger partial charge in [-0.2, -0.15) is 5.10 Å². The molecule has 6 nitrogen and oxygen atoms in total. The second-order valence-corrected chi connectivity index (χ2v) is 5.16. The van der Waals surface area contributed by atoms with Gasteiger partial charge in [0.15, 0.2) is 5.71 Å². The highest BCUT2D eigenvalue weighted by Gasteiger charge is 2.25. The Morgan fingerprint density at radius 2 is 2.00 bits per heavy atom. The van der Waals surface area contributed by atoms with Crippen LogP contribution in [0.3, 0.4) is 0 Å². The molecule has 1 amide bonds. The summed E-state index contributed by atoms with van der Waals surface area (Å²) in [7, 11) is 0. The van der Waals surface area contributed by atoms with E-state index in [-0.39, 0.29) is 5.91 Å². The van der Waals surface area contributed by atoms with E-state index in [1.165, 1.54) is 0 Å². The number of amides is 1. The summed E-state index contributed by atoms with van der Waals surface area (Å²) in [5.74, 6) is -0.205. The van der Waals surface area contributed by atoms with E-state index in [0.717, 1.165) is 28.4 Å². The fraction of sp³-hybridized carbons (Fsp3) is 0.0588. The van der Waals surface area contributed by atoms with Crippen LogP contribution in [0, 0.1) is 0 Å². The zero-order chi connectivity index (χ0) is 15.6. The van der Waals surface area contributed by atoms with Crippen LogP contribution < -0.4 is 10.7 Å². The number of carbonyl (C=O) groups is 1. The van der Waals surface area contributed by atoms with Crippen LogP contribution in [0.15, 0.2) is 70.5 Å². The Bertz CT molecular complexity index is 868. The number of nitrogens with one attached hydrogen (secondary N) is 2. The average molecular weight is 303 g/mol. The molecule has 0 saturated carbocycles. The Morgan fingerprint density at radius 1 is 1.13 bits per heavy atom. The van der Waals surface area contributed by atoms with Gasteiger partial charge in [-0.1, -0.05) is 24.3 Å². The quantitative estimate of drug-likeness (QED) is 0.847. The van der Waals surface area contributed by atoms with Crippen LogP contribution in [0.25, 0.3) is 0 Å². The Hall–Kier alpha value is -3.28. The van der Waals surface area contributed by atoms with Gasteiger partial charge < -0.3 is 5.32 Å². The van der Waals surface area contributed by atoms with E-state index in [1.807, 2.05) is 48.5 Å². The van der Waals surface area contributed by atoms with Crippen molar-refractivity contribution in [3.8, 4) is 0 Å². The first kappa shape index (κ1) is 13.4. The molecule has 0 spiro atoms. The molecule has 2 aromatic rings. The van der Waals surface area contributed by atoms with Gasteiger partial charge in [-0.25, -0.2) is 0 Å². The molecule has 4 rings (SSSR count). The van der Waals surface area contributed by atoms with Crippen molar-refractivity contribution in [1.29, 1.82) is 0 Å². The van der Waals surface area contributed by atoms with E-state index >= 15 is 0 Å². The third-order valence-electron chi connectivity index (χ3n) is 3.61. The van der Waals surface area contributed by atoms with E-state index < -0.39 is 0 Å². The molecule has 0 saturated heterocycles. The third-order valence-corrected chi connectivity index (χ3v) is 3.61. The molecule has 0 fully saturated rings. The molecular formula is C17H13N5O. The Balaban J connectivity index is 1.53. The number of para-hydroxylation sites is 1. The second kappa shape index (κ2) is 5.49. The molecular weight excluding hydrogens is 290 g/mol. The van der Waals surface area contributed by atoms with Gasteiger partial charge in [0.25, 0.3) is 5.91 Å². The molecule has 2 aliphatic rings. The predicted molar refractivity (Wildman–Crippen MR) is 88.5 cm³/mol. The molecule has 2 aliphatic heterocycles. The maximum atomic E-state index is 12.0. The zero-order valence-electron chi connectivity index (χ0n) is 12.2. The van der Waals surface area contributed by atoms with Crippen LogP contribution in [0.4, 0.5) is 5.69 Å². The largest absolute Gasteiger partial charge is 0.320 e. The van der Waals surface area contributed by atoms with Crippen molar-refractivity contribution in [2.45, 2.75) is 0 Å². The maximum Gasteiger partial charge on any atom is 0.276 e. The molecule has 2 N–H and O–H groups in total. The minimum Gasteiger partial charge on any atom is -0.320 e. The van der Waals surface area contributed by atoms with Gasteiger partial charge in [-0.05, 0) is 24.3 Å². The van der Waals surface area contributed by atoms with E-state index in [1.54, 1.807) is 6.20 Å². The van der Waals surface area contributed by atoms with Crippen LogP contribution in [0.2, 0.25) is 0 Å². The summed E-state index contributed by atoms with van der Waals surface area (Å²) in [5, 5.41) is 7.04. The minimum absolute atomic E-state index is 0.205. The lowest BCUT2D eigenvalue weighted by atomic mass is 10.1. The number of nitrogens with zero attached hydrogens (tertiary/aromatic N) is 3. The summed E-state index contributed by atoms with van der Waals surface area (Å²) in [6, 6.07) is 13.2.